The molecule has 1 aromatic heterocycles. The van der Waals surface area contributed by atoms with Crippen LogP contribution < -0.4 is 5.14 Å². The summed E-state index contributed by atoms with van der Waals surface area (Å²) < 4.78 is 24.6. The molecule has 0 fully saturated rings. The molecule has 2 N–H and O–H groups in total. The van der Waals surface area contributed by atoms with Gasteiger partial charge in [0.25, 0.3) is 0 Å². The van der Waals surface area contributed by atoms with E-state index in [0.29, 0.717) is 28.0 Å². The molecule has 1 aromatic carbocycles. The van der Waals surface area contributed by atoms with E-state index in [1.54, 1.807) is 36.7 Å². The highest BCUT2D eigenvalue weighted by Crippen LogP contribution is 2.24. The van der Waals surface area contributed by atoms with Crippen molar-refractivity contribution in [2.75, 3.05) is 0 Å². The van der Waals surface area contributed by atoms with Gasteiger partial charge in [-0.05, 0) is 37.6 Å². The van der Waals surface area contributed by atoms with Gasteiger partial charge in [0.2, 0.25) is 10.0 Å². The van der Waals surface area contributed by atoms with Crippen LogP contribution in [0.5, 0.6) is 0 Å². The van der Waals surface area contributed by atoms with Crippen LogP contribution in [0.25, 0.3) is 0 Å². The lowest BCUT2D eigenvalue weighted by Gasteiger charge is -2.07. The predicted octanol–water partition coefficient (Wildman–Crippen LogP) is 2.50. The van der Waals surface area contributed by atoms with Gasteiger partial charge < -0.3 is 0 Å². The molecular weight excluding hydrogens is 321 g/mol. The molecule has 2 aromatic rings. The van der Waals surface area contributed by atoms with Crippen LogP contribution in [0.3, 0.4) is 0 Å². The molecule has 8 heteroatoms. The quantitative estimate of drug-likeness (QED) is 0.937. The predicted molar refractivity (Wildman–Crippen MR) is 78.6 cm³/mol. The maximum atomic E-state index is 11.5. The number of aryl methyl sites for hydroxylation is 1. The Morgan fingerprint density at radius 1 is 1.30 bits per heavy atom. The van der Waals surface area contributed by atoms with Gasteiger partial charge in [0, 0.05) is 10.0 Å². The van der Waals surface area contributed by atoms with Crippen LogP contribution in [0.1, 0.15) is 17.0 Å². The summed E-state index contributed by atoms with van der Waals surface area (Å²) in [5.74, 6) is 0. The van der Waals surface area contributed by atoms with Crippen LogP contribution in [0.2, 0.25) is 10.0 Å². The van der Waals surface area contributed by atoms with E-state index in [1.165, 1.54) is 0 Å². The monoisotopic (exact) mass is 333 g/mol. The third kappa shape index (κ3) is 2.98. The van der Waals surface area contributed by atoms with Crippen molar-refractivity contribution in [2.45, 2.75) is 25.3 Å². The Hall–Kier alpha value is -1.08. The molecular formula is C12H13Cl2N3O2S. The number of hydrogen-bond acceptors (Lipinski definition) is 3. The molecule has 1 heterocycles. The second-order valence-electron chi connectivity index (χ2n) is 4.44. The van der Waals surface area contributed by atoms with E-state index in [2.05, 4.69) is 5.10 Å². The SMILES string of the molecule is Cc1nn(Cc2cc(Cl)ccc2Cl)c(C)c1S(N)(=O)=O. The largest absolute Gasteiger partial charge is 0.264 e. The lowest BCUT2D eigenvalue weighted by atomic mass is 10.2. The fourth-order valence-corrected chi connectivity index (χ4v) is 3.41. The Labute approximate surface area is 127 Å². The number of halogens is 2. The molecule has 2 rings (SSSR count). The van der Waals surface area contributed by atoms with E-state index >= 15 is 0 Å². The van der Waals surface area contributed by atoms with Crippen LogP contribution in [0, 0.1) is 13.8 Å². The highest BCUT2D eigenvalue weighted by atomic mass is 35.5. The Bertz CT molecular complexity index is 769. The molecule has 0 atom stereocenters. The highest BCUT2D eigenvalue weighted by Gasteiger charge is 2.21. The molecule has 0 unspecified atom stereocenters. The number of nitrogens with zero attached hydrogens (tertiary/aromatic N) is 2. The first kappa shape index (κ1) is 15.3. The number of primary sulfonamides is 1. The summed E-state index contributed by atoms with van der Waals surface area (Å²) >= 11 is 12.0. The number of nitrogens with two attached hydrogens (primary N) is 1. The van der Waals surface area contributed by atoms with Crippen LogP contribution in [-0.4, -0.2) is 18.2 Å². The minimum absolute atomic E-state index is 0.0515. The van der Waals surface area contributed by atoms with E-state index in [4.69, 9.17) is 28.3 Å². The standard InChI is InChI=1S/C12H13Cl2N3O2S/c1-7-12(20(15,18)19)8(2)17(16-7)6-9-5-10(13)3-4-11(9)14/h3-5H,6H2,1-2H3,(H2,15,18,19). The second kappa shape index (κ2) is 5.37. The van der Waals surface area contributed by atoms with Crippen LogP contribution >= 0.6 is 23.2 Å². The summed E-state index contributed by atoms with van der Waals surface area (Å²) in [6.45, 7) is 3.57. The number of hydrogen-bond donors (Lipinski definition) is 1. The van der Waals surface area contributed by atoms with Gasteiger partial charge in [0.1, 0.15) is 4.90 Å². The van der Waals surface area contributed by atoms with E-state index < -0.39 is 10.0 Å². The Kier molecular flexibility index (Phi) is 4.11. The number of benzene rings is 1. The highest BCUT2D eigenvalue weighted by molar-refractivity contribution is 7.89. The van der Waals surface area contributed by atoms with Crippen molar-refractivity contribution in [3.63, 3.8) is 0 Å². The Morgan fingerprint density at radius 2 is 1.95 bits per heavy atom. The molecule has 0 aliphatic heterocycles. The lowest BCUT2D eigenvalue weighted by Crippen LogP contribution is -2.14. The zero-order valence-electron chi connectivity index (χ0n) is 10.9. The van der Waals surface area contributed by atoms with Gasteiger partial charge in [-0.25, -0.2) is 13.6 Å². The third-order valence-electron chi connectivity index (χ3n) is 2.93. The first-order chi connectivity index (χ1) is 9.20. The number of sulfonamides is 1. The van der Waals surface area contributed by atoms with E-state index in [9.17, 15) is 8.42 Å². The second-order valence-corrected chi connectivity index (χ2v) is 6.78. The average Bonchev–Trinajstić information content (AvgIpc) is 2.58. The Balaban J connectivity index is 2.48. The minimum atomic E-state index is -3.80. The van der Waals surface area contributed by atoms with Crippen molar-refractivity contribution < 1.29 is 8.42 Å². The number of rotatable bonds is 3. The van der Waals surface area contributed by atoms with Gasteiger partial charge in [-0.15, -0.1) is 0 Å². The molecule has 0 aliphatic carbocycles. The molecule has 0 spiro atoms. The van der Waals surface area contributed by atoms with E-state index in [-0.39, 0.29) is 4.90 Å². The fraction of sp³-hybridized carbons (Fsp3) is 0.250. The summed E-state index contributed by atoms with van der Waals surface area (Å²) in [7, 11) is -3.80. The zero-order chi connectivity index (χ0) is 15.1. The van der Waals surface area contributed by atoms with Crippen molar-refractivity contribution in [1.82, 2.24) is 9.78 Å². The topological polar surface area (TPSA) is 78.0 Å². The van der Waals surface area contributed by atoms with Crippen molar-refractivity contribution >= 4 is 33.2 Å². The molecule has 0 bridgehead atoms. The summed E-state index contributed by atoms with van der Waals surface area (Å²) in [6.07, 6.45) is 0. The fourth-order valence-electron chi connectivity index (χ4n) is 2.07. The van der Waals surface area contributed by atoms with Gasteiger partial charge in [0.05, 0.1) is 17.9 Å². The summed E-state index contributed by atoms with van der Waals surface area (Å²) in [5, 5.41) is 10.5. The normalized spacial score (nSPS) is 11.8. The molecule has 0 radical (unpaired) electrons. The number of aromatic nitrogens is 2. The smallest absolute Gasteiger partial charge is 0.241 e. The Morgan fingerprint density at radius 3 is 2.50 bits per heavy atom. The van der Waals surface area contributed by atoms with Gasteiger partial charge in [0.15, 0.2) is 0 Å². The van der Waals surface area contributed by atoms with Gasteiger partial charge in [-0.3, -0.25) is 4.68 Å². The summed E-state index contributed by atoms with van der Waals surface area (Å²) in [6, 6.07) is 5.09. The third-order valence-corrected chi connectivity index (χ3v) is 4.69. The van der Waals surface area contributed by atoms with Gasteiger partial charge in [-0.1, -0.05) is 23.2 Å². The first-order valence-electron chi connectivity index (χ1n) is 5.71. The van der Waals surface area contributed by atoms with Crippen molar-refractivity contribution in [3.05, 3.63) is 45.2 Å². The average molecular weight is 334 g/mol. The maximum absolute atomic E-state index is 11.5. The van der Waals surface area contributed by atoms with Crippen molar-refractivity contribution in [1.29, 1.82) is 0 Å². The van der Waals surface area contributed by atoms with Gasteiger partial charge in [-0.2, -0.15) is 5.10 Å². The zero-order valence-corrected chi connectivity index (χ0v) is 13.2. The van der Waals surface area contributed by atoms with Crippen LogP contribution in [-0.2, 0) is 16.6 Å². The minimum Gasteiger partial charge on any atom is -0.264 e. The first-order valence-corrected chi connectivity index (χ1v) is 8.01. The molecule has 0 saturated carbocycles. The van der Waals surface area contributed by atoms with Gasteiger partial charge >= 0.3 is 0 Å². The van der Waals surface area contributed by atoms with Crippen molar-refractivity contribution in [2.24, 2.45) is 5.14 Å². The molecule has 0 amide bonds. The van der Waals surface area contributed by atoms with Crippen LogP contribution in [0.15, 0.2) is 23.1 Å². The summed E-state index contributed by atoms with van der Waals surface area (Å²) in [5.41, 5.74) is 1.59. The van der Waals surface area contributed by atoms with Crippen molar-refractivity contribution in [3.8, 4) is 0 Å². The van der Waals surface area contributed by atoms with E-state index in [1.807, 2.05) is 0 Å². The maximum Gasteiger partial charge on any atom is 0.241 e. The molecule has 0 saturated heterocycles. The van der Waals surface area contributed by atoms with E-state index in [0.717, 1.165) is 5.56 Å². The summed E-state index contributed by atoms with van der Waals surface area (Å²) in [4.78, 5) is 0.0515. The lowest BCUT2D eigenvalue weighted by molar-refractivity contribution is 0.595. The molecule has 5 nitrogen and oxygen atoms in total. The molecule has 108 valence electrons. The van der Waals surface area contributed by atoms with Crippen LogP contribution in [0.4, 0.5) is 0 Å². The molecule has 0 aliphatic rings. The molecule has 20 heavy (non-hydrogen) atoms.